The maximum absolute atomic E-state index is 14.2. The highest BCUT2D eigenvalue weighted by molar-refractivity contribution is 7.90. The van der Waals surface area contributed by atoms with E-state index in [0.717, 1.165) is 0 Å². The fraction of sp³-hybridized carbons (Fsp3) is 0.533. The number of carbonyl (C=O) groups is 1. The molecule has 0 aliphatic rings. The summed E-state index contributed by atoms with van der Waals surface area (Å²) in [6.07, 6.45) is -7.97. The predicted octanol–water partition coefficient (Wildman–Crippen LogP) is 5.24. The third-order valence-corrected chi connectivity index (χ3v) is 7.85. The Labute approximate surface area is 240 Å². The van der Waals surface area contributed by atoms with Crippen LogP contribution in [0.2, 0.25) is 10.0 Å². The van der Waals surface area contributed by atoms with Gasteiger partial charge in [0.25, 0.3) is 0 Å². The second-order valence-electron chi connectivity index (χ2n) is 7.94. The molecule has 1 rings (SSSR count). The van der Waals surface area contributed by atoms with Crippen LogP contribution in [0.3, 0.4) is 0 Å². The molecule has 0 aliphatic carbocycles. The molecule has 1 aromatic rings. The molecule has 0 saturated carbocycles. The highest BCUT2D eigenvalue weighted by Gasteiger charge is 2.95. The van der Waals surface area contributed by atoms with Gasteiger partial charge in [0.1, 0.15) is 9.79 Å². The molecule has 0 radical (unpaired) electrons. The lowest BCUT2D eigenvalue weighted by Crippen LogP contribution is -2.75. The Kier molecular flexibility index (Phi) is 9.74. The van der Waals surface area contributed by atoms with E-state index in [0.29, 0.717) is 0 Å². The number of hydrogen-bond donors (Lipinski definition) is 3. The molecule has 0 fully saturated rings. The first-order chi connectivity index (χ1) is 18.8. The SMILES string of the molecule is NS(=O)(=O)c1cc(S(N)(=O)=O)c(NC(=O)C(F)(F)C(F)(F)C(F)(F)C(F)(F)C(F)(F)C(F)(F)C(F)(F)C(F)(F)F)c(Cl)c1Cl. The Hall–Kier alpha value is -2.10. The first-order valence-corrected chi connectivity index (χ1v) is 13.3. The molecule has 1 amide bonds. The van der Waals surface area contributed by atoms with E-state index in [1.807, 2.05) is 0 Å². The molecule has 256 valence electrons. The van der Waals surface area contributed by atoms with Crippen LogP contribution < -0.4 is 15.6 Å². The molecule has 0 spiro atoms. The van der Waals surface area contributed by atoms with Crippen molar-refractivity contribution in [1.29, 1.82) is 0 Å². The first-order valence-electron chi connectivity index (χ1n) is 9.42. The van der Waals surface area contributed by atoms with Crippen LogP contribution in [0.4, 0.5) is 80.3 Å². The zero-order valence-electron chi connectivity index (χ0n) is 19.3. The lowest BCUT2D eigenvalue weighted by Gasteiger charge is -2.42. The molecule has 0 aliphatic heterocycles. The Morgan fingerprint density at radius 2 is 0.886 bits per heavy atom. The quantitative estimate of drug-likeness (QED) is 0.279. The molecule has 0 bridgehead atoms. The van der Waals surface area contributed by atoms with Crippen LogP contribution in [0.15, 0.2) is 15.9 Å². The third-order valence-electron chi connectivity index (χ3n) is 5.00. The van der Waals surface area contributed by atoms with E-state index >= 15 is 0 Å². The molecule has 44 heavy (non-hydrogen) atoms. The van der Waals surface area contributed by atoms with E-state index in [1.165, 1.54) is 0 Å². The van der Waals surface area contributed by atoms with Crippen LogP contribution >= 0.6 is 23.2 Å². The summed E-state index contributed by atoms with van der Waals surface area (Å²) >= 11 is 10.7. The van der Waals surface area contributed by atoms with Gasteiger partial charge in [0, 0.05) is 0 Å². The van der Waals surface area contributed by atoms with Gasteiger partial charge in [-0.15, -0.1) is 0 Å². The molecule has 8 nitrogen and oxygen atoms in total. The average Bonchev–Trinajstić information content (AvgIpc) is 2.78. The van der Waals surface area contributed by atoms with E-state index in [9.17, 15) is 96.3 Å². The molecule has 29 heteroatoms. The highest BCUT2D eigenvalue weighted by atomic mass is 35.5. The highest BCUT2D eigenvalue weighted by Crippen LogP contribution is 2.64. The standard InChI is InChI=1S/C15H6Cl2F17N3O5S2/c16-4-2(43(35,39)40)1-3(44(36,41)42)6(5(4)17)37-7(38)8(18,19)9(20,21)10(22,23)11(24,25)12(26,27)13(28,29)14(30,31)15(32,33)34/h1H,(H,37,38)(H2,35,39,40)(H2,36,41,42). The Morgan fingerprint density at radius 3 is 1.20 bits per heavy atom. The van der Waals surface area contributed by atoms with Crippen molar-refractivity contribution in [2.45, 2.75) is 57.4 Å². The minimum atomic E-state index is -9.00. The van der Waals surface area contributed by atoms with Crippen LogP contribution in [0.25, 0.3) is 0 Å². The number of sulfonamides is 2. The van der Waals surface area contributed by atoms with Gasteiger partial charge in [-0.3, -0.25) is 4.79 Å². The molecular weight excluding hydrogens is 760 g/mol. The van der Waals surface area contributed by atoms with Crippen molar-refractivity contribution in [2.75, 3.05) is 5.32 Å². The molecule has 0 unspecified atom stereocenters. The fourth-order valence-electron chi connectivity index (χ4n) is 2.63. The molecule has 5 N–H and O–H groups in total. The summed E-state index contributed by atoms with van der Waals surface area (Å²) in [6.45, 7) is 0. The van der Waals surface area contributed by atoms with Gasteiger partial charge in [-0.05, 0) is 6.07 Å². The number of alkyl halides is 17. The number of halogens is 19. The summed E-state index contributed by atoms with van der Waals surface area (Å²) in [5.74, 6) is -64.4. The van der Waals surface area contributed by atoms with E-state index in [-0.39, 0.29) is 11.4 Å². The second kappa shape index (κ2) is 10.7. The number of benzene rings is 1. The molecule has 1 aromatic carbocycles. The van der Waals surface area contributed by atoms with E-state index in [1.54, 1.807) is 0 Å². The number of anilines is 1. The molecule has 0 aromatic heterocycles. The number of amides is 1. The summed E-state index contributed by atoms with van der Waals surface area (Å²) in [4.78, 5) is 8.20. The van der Waals surface area contributed by atoms with Gasteiger partial charge in [0.05, 0.1) is 15.7 Å². The lowest BCUT2D eigenvalue weighted by molar-refractivity contribution is -0.459. The van der Waals surface area contributed by atoms with Crippen LogP contribution in [-0.2, 0) is 24.8 Å². The van der Waals surface area contributed by atoms with Gasteiger partial charge in [-0.25, -0.2) is 27.1 Å². The number of hydrogen-bond acceptors (Lipinski definition) is 5. The van der Waals surface area contributed by atoms with E-state index in [2.05, 4.69) is 10.3 Å². The summed E-state index contributed by atoms with van der Waals surface area (Å²) < 4.78 is 274. The largest absolute Gasteiger partial charge is 0.460 e. The van der Waals surface area contributed by atoms with Crippen LogP contribution in [0.1, 0.15) is 0 Å². The summed E-state index contributed by atoms with van der Waals surface area (Å²) in [5.41, 5.74) is -2.15. The molecule has 0 saturated heterocycles. The van der Waals surface area contributed by atoms with Crippen LogP contribution in [0.5, 0.6) is 0 Å². The number of nitrogens with one attached hydrogen (secondary N) is 1. The minimum absolute atomic E-state index is 0.225. The van der Waals surface area contributed by atoms with Crippen molar-refractivity contribution in [3.05, 3.63) is 16.1 Å². The number of carbonyl (C=O) groups excluding carboxylic acids is 1. The zero-order valence-corrected chi connectivity index (χ0v) is 22.4. The Morgan fingerprint density at radius 1 is 0.568 bits per heavy atom. The van der Waals surface area contributed by atoms with Gasteiger partial charge >= 0.3 is 53.5 Å². The van der Waals surface area contributed by atoms with Crippen molar-refractivity contribution in [3.8, 4) is 0 Å². The van der Waals surface area contributed by atoms with Crippen LogP contribution in [0, 0.1) is 0 Å². The van der Waals surface area contributed by atoms with Crippen LogP contribution in [-0.4, -0.2) is 70.4 Å². The number of primary sulfonamides is 2. The van der Waals surface area contributed by atoms with Crippen molar-refractivity contribution in [1.82, 2.24) is 0 Å². The lowest BCUT2D eigenvalue weighted by atomic mass is 9.89. The average molecular weight is 766 g/mol. The van der Waals surface area contributed by atoms with E-state index in [4.69, 9.17) is 23.2 Å². The predicted molar refractivity (Wildman–Crippen MR) is 109 cm³/mol. The van der Waals surface area contributed by atoms with Crippen molar-refractivity contribution < 1.29 is 96.3 Å². The summed E-state index contributed by atoms with van der Waals surface area (Å²) in [6, 6.07) is -0.336. The normalized spacial score (nSPS) is 15.4. The molecular formula is C15H6Cl2F17N3O5S2. The minimum Gasteiger partial charge on any atom is -0.318 e. The topological polar surface area (TPSA) is 149 Å². The Balaban J connectivity index is 3.89. The summed E-state index contributed by atoms with van der Waals surface area (Å²) in [7, 11) is -10.8. The second-order valence-corrected chi connectivity index (χ2v) is 11.8. The molecule has 0 atom stereocenters. The smallest absolute Gasteiger partial charge is 0.318 e. The Bertz CT molecular complexity index is 1560. The maximum Gasteiger partial charge on any atom is 0.460 e. The van der Waals surface area contributed by atoms with Gasteiger partial charge in [-0.1, -0.05) is 23.2 Å². The zero-order chi connectivity index (χ0) is 35.9. The van der Waals surface area contributed by atoms with E-state index < -0.39 is 99.1 Å². The van der Waals surface area contributed by atoms with Gasteiger partial charge in [0.15, 0.2) is 0 Å². The number of nitrogens with two attached hydrogens (primary N) is 2. The van der Waals surface area contributed by atoms with Gasteiger partial charge < -0.3 is 5.32 Å². The first kappa shape index (κ1) is 39.9. The maximum atomic E-state index is 14.2. The van der Waals surface area contributed by atoms with Crippen molar-refractivity contribution in [3.63, 3.8) is 0 Å². The van der Waals surface area contributed by atoms with Gasteiger partial charge in [-0.2, -0.15) is 74.6 Å². The van der Waals surface area contributed by atoms with Crippen molar-refractivity contribution in [2.24, 2.45) is 10.3 Å². The van der Waals surface area contributed by atoms with Crippen molar-refractivity contribution >= 4 is 54.8 Å². The third kappa shape index (κ3) is 5.70. The summed E-state index contributed by atoms with van der Waals surface area (Å²) in [5, 5.41) is 6.03. The van der Waals surface area contributed by atoms with Gasteiger partial charge in [0.2, 0.25) is 20.0 Å². The molecule has 0 heterocycles. The fourth-order valence-corrected chi connectivity index (χ4v) is 4.89. The number of rotatable bonds is 10. The monoisotopic (exact) mass is 765 g/mol.